The Morgan fingerprint density at radius 3 is 2.48 bits per heavy atom. The van der Waals surface area contributed by atoms with Gasteiger partial charge < -0.3 is 14.8 Å². The summed E-state index contributed by atoms with van der Waals surface area (Å²) < 4.78 is 5.18. The third-order valence-corrected chi connectivity index (χ3v) is 3.01. The molecule has 1 N–H and O–H groups in total. The third kappa shape index (κ3) is 6.43. The van der Waals surface area contributed by atoms with Crippen LogP contribution in [0.4, 0.5) is 4.79 Å². The van der Waals surface area contributed by atoms with Gasteiger partial charge in [0.15, 0.2) is 0 Å². The lowest BCUT2D eigenvalue weighted by Crippen LogP contribution is -2.40. The molecule has 1 atom stereocenters. The SMILES string of the molecule is Cc1cccc(CC(C)(C=O)CNC(=O)OC(C)(C)C)c1. The Morgan fingerprint density at radius 2 is 1.95 bits per heavy atom. The third-order valence-electron chi connectivity index (χ3n) is 3.01. The highest BCUT2D eigenvalue weighted by Crippen LogP contribution is 2.20. The first kappa shape index (κ1) is 17.2. The predicted octanol–water partition coefficient (Wildman–Crippen LogP) is 3.27. The molecule has 1 aromatic rings. The molecule has 1 unspecified atom stereocenters. The lowest BCUT2D eigenvalue weighted by Gasteiger charge is -2.25. The zero-order valence-corrected chi connectivity index (χ0v) is 13.5. The van der Waals surface area contributed by atoms with Crippen molar-refractivity contribution in [2.75, 3.05) is 6.54 Å². The number of carbonyl (C=O) groups excluding carboxylic acids is 2. The maximum Gasteiger partial charge on any atom is 0.407 e. The van der Waals surface area contributed by atoms with Crippen LogP contribution in [0.2, 0.25) is 0 Å². The van der Waals surface area contributed by atoms with E-state index in [0.29, 0.717) is 6.42 Å². The molecule has 0 aliphatic heterocycles. The normalized spacial score (nSPS) is 14.1. The number of hydrogen-bond donors (Lipinski definition) is 1. The average molecular weight is 291 g/mol. The molecule has 0 saturated carbocycles. The highest BCUT2D eigenvalue weighted by molar-refractivity contribution is 5.69. The van der Waals surface area contributed by atoms with Crippen molar-refractivity contribution in [2.24, 2.45) is 5.41 Å². The fourth-order valence-electron chi connectivity index (χ4n) is 2.02. The summed E-state index contributed by atoms with van der Waals surface area (Å²) in [6.07, 6.45) is 0.973. The second-order valence-electron chi connectivity index (χ2n) is 6.79. The average Bonchev–Trinajstić information content (AvgIpc) is 2.34. The van der Waals surface area contributed by atoms with Crippen molar-refractivity contribution in [3.63, 3.8) is 0 Å². The van der Waals surface area contributed by atoms with E-state index in [9.17, 15) is 9.59 Å². The summed E-state index contributed by atoms with van der Waals surface area (Å²) in [6, 6.07) is 8.02. The van der Waals surface area contributed by atoms with Crippen molar-refractivity contribution in [1.29, 1.82) is 0 Å². The molecule has 4 nitrogen and oxygen atoms in total. The van der Waals surface area contributed by atoms with E-state index in [-0.39, 0.29) is 6.54 Å². The molecule has 0 aliphatic carbocycles. The summed E-state index contributed by atoms with van der Waals surface area (Å²) in [4.78, 5) is 23.1. The number of benzene rings is 1. The van der Waals surface area contributed by atoms with Gasteiger partial charge in [-0.25, -0.2) is 4.79 Å². The summed E-state index contributed by atoms with van der Waals surface area (Å²) in [5.74, 6) is 0. The van der Waals surface area contributed by atoms with Crippen LogP contribution in [-0.4, -0.2) is 24.5 Å². The predicted molar refractivity (Wildman–Crippen MR) is 83.3 cm³/mol. The minimum absolute atomic E-state index is 0.249. The van der Waals surface area contributed by atoms with Gasteiger partial charge >= 0.3 is 6.09 Å². The second kappa shape index (κ2) is 6.74. The minimum Gasteiger partial charge on any atom is -0.444 e. The molecule has 1 aromatic carbocycles. The molecule has 0 radical (unpaired) electrons. The van der Waals surface area contributed by atoms with Gasteiger partial charge in [0.25, 0.3) is 0 Å². The molecule has 0 fully saturated rings. The van der Waals surface area contributed by atoms with Gasteiger partial charge in [-0.1, -0.05) is 36.8 Å². The Morgan fingerprint density at radius 1 is 1.29 bits per heavy atom. The lowest BCUT2D eigenvalue weighted by atomic mass is 9.85. The maximum absolute atomic E-state index is 11.7. The Balaban J connectivity index is 2.64. The Hall–Kier alpha value is -1.84. The van der Waals surface area contributed by atoms with Gasteiger partial charge in [0.1, 0.15) is 11.9 Å². The molecule has 0 heterocycles. The van der Waals surface area contributed by atoms with Crippen molar-refractivity contribution in [2.45, 2.75) is 46.6 Å². The van der Waals surface area contributed by atoms with Crippen LogP contribution in [0.1, 0.15) is 38.8 Å². The quantitative estimate of drug-likeness (QED) is 0.847. The highest BCUT2D eigenvalue weighted by atomic mass is 16.6. The van der Waals surface area contributed by atoms with E-state index in [2.05, 4.69) is 11.4 Å². The number of nitrogens with one attached hydrogen (secondary N) is 1. The molecule has 116 valence electrons. The van der Waals surface area contributed by atoms with Crippen LogP contribution < -0.4 is 5.32 Å². The van der Waals surface area contributed by atoms with E-state index in [4.69, 9.17) is 4.74 Å². The molecular weight excluding hydrogens is 266 g/mol. The number of hydrogen-bond acceptors (Lipinski definition) is 3. The van der Waals surface area contributed by atoms with Crippen LogP contribution in [0.25, 0.3) is 0 Å². The van der Waals surface area contributed by atoms with Crippen LogP contribution in [0.5, 0.6) is 0 Å². The summed E-state index contributed by atoms with van der Waals surface area (Å²) in [7, 11) is 0. The van der Waals surface area contributed by atoms with Gasteiger partial charge in [0.05, 0.1) is 0 Å². The number of aryl methyl sites for hydroxylation is 1. The van der Waals surface area contributed by atoms with E-state index in [1.807, 2.05) is 32.0 Å². The highest BCUT2D eigenvalue weighted by Gasteiger charge is 2.26. The van der Waals surface area contributed by atoms with Crippen molar-refractivity contribution < 1.29 is 14.3 Å². The van der Waals surface area contributed by atoms with Gasteiger partial charge in [-0.3, -0.25) is 0 Å². The molecular formula is C17H25NO3. The Bertz CT molecular complexity index is 505. The van der Waals surface area contributed by atoms with E-state index in [1.165, 1.54) is 0 Å². The summed E-state index contributed by atoms with van der Waals surface area (Å²) in [6.45, 7) is 9.51. The number of ether oxygens (including phenoxy) is 1. The van der Waals surface area contributed by atoms with E-state index >= 15 is 0 Å². The van der Waals surface area contributed by atoms with Crippen molar-refractivity contribution >= 4 is 12.4 Å². The first-order valence-corrected chi connectivity index (χ1v) is 7.12. The van der Waals surface area contributed by atoms with Gasteiger partial charge in [-0.05, 0) is 39.7 Å². The van der Waals surface area contributed by atoms with Gasteiger partial charge in [0, 0.05) is 12.0 Å². The number of rotatable bonds is 5. The molecule has 21 heavy (non-hydrogen) atoms. The van der Waals surface area contributed by atoms with Gasteiger partial charge in [0.2, 0.25) is 0 Å². The fraction of sp³-hybridized carbons (Fsp3) is 0.529. The summed E-state index contributed by atoms with van der Waals surface area (Å²) in [5, 5.41) is 2.67. The van der Waals surface area contributed by atoms with Crippen LogP contribution >= 0.6 is 0 Å². The molecule has 0 aliphatic rings. The molecule has 1 rings (SSSR count). The lowest BCUT2D eigenvalue weighted by molar-refractivity contribution is -0.115. The first-order chi connectivity index (χ1) is 9.63. The summed E-state index contributed by atoms with van der Waals surface area (Å²) in [5.41, 5.74) is 1.04. The van der Waals surface area contributed by atoms with Crippen molar-refractivity contribution in [1.82, 2.24) is 5.32 Å². The zero-order valence-electron chi connectivity index (χ0n) is 13.5. The number of carbonyl (C=O) groups is 2. The smallest absolute Gasteiger partial charge is 0.407 e. The number of alkyl carbamates (subject to hydrolysis) is 1. The van der Waals surface area contributed by atoms with Crippen LogP contribution in [0, 0.1) is 12.3 Å². The fourth-order valence-corrected chi connectivity index (χ4v) is 2.02. The molecule has 0 aromatic heterocycles. The molecule has 0 spiro atoms. The van der Waals surface area contributed by atoms with E-state index in [1.54, 1.807) is 20.8 Å². The maximum atomic E-state index is 11.7. The standard InChI is InChI=1S/C17H25NO3/c1-13-7-6-8-14(9-13)10-17(5,12-19)11-18-15(20)21-16(2,3)4/h6-9,12H,10-11H2,1-5H3,(H,18,20). The van der Waals surface area contributed by atoms with E-state index < -0.39 is 17.1 Å². The zero-order chi connectivity index (χ0) is 16.1. The Kier molecular flexibility index (Phi) is 5.53. The largest absolute Gasteiger partial charge is 0.444 e. The van der Waals surface area contributed by atoms with Gasteiger partial charge in [-0.15, -0.1) is 0 Å². The second-order valence-corrected chi connectivity index (χ2v) is 6.79. The molecule has 4 heteroatoms. The molecule has 0 bridgehead atoms. The minimum atomic E-state index is -0.648. The van der Waals surface area contributed by atoms with Crippen LogP contribution in [-0.2, 0) is 16.0 Å². The first-order valence-electron chi connectivity index (χ1n) is 7.12. The van der Waals surface area contributed by atoms with Crippen LogP contribution in [0.3, 0.4) is 0 Å². The molecule has 0 saturated heterocycles. The van der Waals surface area contributed by atoms with E-state index in [0.717, 1.165) is 17.4 Å². The van der Waals surface area contributed by atoms with Gasteiger partial charge in [-0.2, -0.15) is 0 Å². The molecule has 1 amide bonds. The van der Waals surface area contributed by atoms with Crippen molar-refractivity contribution in [3.05, 3.63) is 35.4 Å². The summed E-state index contributed by atoms with van der Waals surface area (Å²) >= 11 is 0. The van der Waals surface area contributed by atoms with Crippen LogP contribution in [0.15, 0.2) is 24.3 Å². The number of amides is 1. The number of aldehydes is 1. The topological polar surface area (TPSA) is 55.4 Å². The monoisotopic (exact) mass is 291 g/mol. The Labute approximate surface area is 126 Å². The van der Waals surface area contributed by atoms with Crippen molar-refractivity contribution in [3.8, 4) is 0 Å².